The molecule has 0 saturated heterocycles. The average molecular weight is 301 g/mol. The zero-order valence-corrected chi connectivity index (χ0v) is 12.5. The number of carbonyl (C=O) groups excluding carboxylic acids is 1. The fourth-order valence-electron chi connectivity index (χ4n) is 2.57. The van der Waals surface area contributed by atoms with Gasteiger partial charge >= 0.3 is 0 Å². The number of aromatic nitrogens is 1. The van der Waals surface area contributed by atoms with Crippen LogP contribution in [0.1, 0.15) is 48.9 Å². The predicted octanol–water partition coefficient (Wildman–Crippen LogP) is 4.18. The number of amides is 1. The topological polar surface area (TPSA) is 33.2 Å². The summed E-state index contributed by atoms with van der Waals surface area (Å²) in [4.78, 5) is 18.2. The van der Waals surface area contributed by atoms with Gasteiger partial charge in [-0.15, -0.1) is 0 Å². The Bertz CT molecular complexity index is 457. The van der Waals surface area contributed by atoms with Crippen LogP contribution in [0.5, 0.6) is 0 Å². The van der Waals surface area contributed by atoms with Crippen LogP contribution in [-0.4, -0.2) is 28.9 Å². The zero-order chi connectivity index (χ0) is 13.8. The van der Waals surface area contributed by atoms with Crippen molar-refractivity contribution in [3.8, 4) is 0 Å². The maximum Gasteiger partial charge on any atom is 0.256 e. The molecular formula is C14H18Cl2N2O. The average Bonchev–Trinajstić information content (AvgIpc) is 2.66. The minimum atomic E-state index is -0.0685. The SMILES string of the molecule is CN(C(=O)c1ccc(Cl)nc1Cl)C1CCCCCC1. The van der Waals surface area contributed by atoms with Gasteiger partial charge in [0, 0.05) is 13.1 Å². The normalized spacial score (nSPS) is 17.0. The third-order valence-electron chi connectivity index (χ3n) is 3.74. The Morgan fingerprint density at radius 3 is 2.42 bits per heavy atom. The van der Waals surface area contributed by atoms with Gasteiger partial charge in [-0.3, -0.25) is 4.79 Å². The summed E-state index contributed by atoms with van der Waals surface area (Å²) < 4.78 is 0. The van der Waals surface area contributed by atoms with Gasteiger partial charge in [0.15, 0.2) is 0 Å². The third kappa shape index (κ3) is 3.61. The van der Waals surface area contributed by atoms with Crippen molar-refractivity contribution in [3.05, 3.63) is 28.0 Å². The Labute approximate surface area is 123 Å². The quantitative estimate of drug-likeness (QED) is 0.606. The molecule has 104 valence electrons. The Hall–Kier alpha value is -0.800. The molecule has 1 fully saturated rings. The lowest BCUT2D eigenvalue weighted by atomic mass is 10.1. The Morgan fingerprint density at radius 2 is 1.84 bits per heavy atom. The molecule has 0 radical (unpaired) electrons. The molecule has 0 aliphatic heterocycles. The number of hydrogen-bond donors (Lipinski definition) is 0. The Kier molecular flexibility index (Phi) is 5.06. The summed E-state index contributed by atoms with van der Waals surface area (Å²) in [5.74, 6) is -0.0685. The van der Waals surface area contributed by atoms with Crippen LogP contribution >= 0.6 is 23.2 Å². The van der Waals surface area contributed by atoms with Crippen LogP contribution in [0.15, 0.2) is 12.1 Å². The first-order chi connectivity index (χ1) is 9.09. The molecule has 2 rings (SSSR count). The van der Waals surface area contributed by atoms with Gasteiger partial charge in [0.25, 0.3) is 5.91 Å². The highest BCUT2D eigenvalue weighted by molar-refractivity contribution is 6.34. The maximum absolute atomic E-state index is 12.4. The lowest BCUT2D eigenvalue weighted by molar-refractivity contribution is 0.0717. The standard InChI is InChI=1S/C14H18Cl2N2O/c1-18(10-6-4-2-3-5-7-10)14(19)11-8-9-12(15)17-13(11)16/h8-10H,2-7H2,1H3. The molecule has 1 aliphatic rings. The van der Waals surface area contributed by atoms with Crippen LogP contribution in [0.4, 0.5) is 0 Å². The van der Waals surface area contributed by atoms with Gasteiger partial charge < -0.3 is 4.90 Å². The highest BCUT2D eigenvalue weighted by Crippen LogP contribution is 2.24. The first-order valence-electron chi connectivity index (χ1n) is 6.69. The molecule has 0 N–H and O–H groups in total. The first-order valence-corrected chi connectivity index (χ1v) is 7.44. The largest absolute Gasteiger partial charge is 0.339 e. The number of pyridine rings is 1. The monoisotopic (exact) mass is 300 g/mol. The zero-order valence-electron chi connectivity index (χ0n) is 11.0. The minimum absolute atomic E-state index is 0.0685. The molecule has 0 aromatic carbocycles. The summed E-state index contributed by atoms with van der Waals surface area (Å²) in [6.45, 7) is 0. The van der Waals surface area contributed by atoms with Crippen molar-refractivity contribution < 1.29 is 4.79 Å². The van der Waals surface area contributed by atoms with Crippen molar-refractivity contribution in [3.63, 3.8) is 0 Å². The molecule has 0 unspecified atom stereocenters. The van der Waals surface area contributed by atoms with E-state index in [1.807, 2.05) is 11.9 Å². The van der Waals surface area contributed by atoms with E-state index in [0.717, 1.165) is 12.8 Å². The molecule has 5 heteroatoms. The van der Waals surface area contributed by atoms with Gasteiger partial charge in [0.2, 0.25) is 0 Å². The lowest BCUT2D eigenvalue weighted by Crippen LogP contribution is -2.37. The third-order valence-corrected chi connectivity index (χ3v) is 4.24. The van der Waals surface area contributed by atoms with Crippen LogP contribution < -0.4 is 0 Å². The summed E-state index contributed by atoms with van der Waals surface area (Å²) in [5, 5.41) is 0.483. The molecule has 1 heterocycles. The molecule has 1 saturated carbocycles. The summed E-state index contributed by atoms with van der Waals surface area (Å²) in [5.41, 5.74) is 0.429. The van der Waals surface area contributed by atoms with Crippen LogP contribution in [0, 0.1) is 0 Å². The highest BCUT2D eigenvalue weighted by atomic mass is 35.5. The van der Waals surface area contributed by atoms with Gasteiger partial charge in [0.1, 0.15) is 10.3 Å². The van der Waals surface area contributed by atoms with Gasteiger partial charge in [0.05, 0.1) is 5.56 Å². The van der Waals surface area contributed by atoms with E-state index in [-0.39, 0.29) is 11.1 Å². The number of nitrogens with zero attached hydrogens (tertiary/aromatic N) is 2. The number of halogens is 2. The summed E-state index contributed by atoms with van der Waals surface area (Å²) >= 11 is 11.7. The molecule has 1 amide bonds. The van der Waals surface area contributed by atoms with E-state index >= 15 is 0 Å². The van der Waals surface area contributed by atoms with Crippen molar-refractivity contribution in [1.82, 2.24) is 9.88 Å². The second-order valence-corrected chi connectivity index (χ2v) is 5.78. The second-order valence-electron chi connectivity index (χ2n) is 5.03. The van der Waals surface area contributed by atoms with Crippen LogP contribution in [0.2, 0.25) is 10.3 Å². The van der Waals surface area contributed by atoms with Gasteiger partial charge in [-0.05, 0) is 25.0 Å². The van der Waals surface area contributed by atoms with Crippen molar-refractivity contribution in [2.75, 3.05) is 7.05 Å². The molecule has 1 aromatic rings. The van der Waals surface area contributed by atoms with E-state index in [1.165, 1.54) is 25.7 Å². The molecular weight excluding hydrogens is 283 g/mol. The molecule has 1 aliphatic carbocycles. The molecule has 1 aromatic heterocycles. The summed E-state index contributed by atoms with van der Waals surface area (Å²) in [6, 6.07) is 3.55. The van der Waals surface area contributed by atoms with Crippen molar-refractivity contribution in [2.45, 2.75) is 44.6 Å². The molecule has 0 spiro atoms. The number of hydrogen-bond acceptors (Lipinski definition) is 2. The van der Waals surface area contributed by atoms with Crippen LogP contribution in [0.25, 0.3) is 0 Å². The van der Waals surface area contributed by atoms with E-state index in [9.17, 15) is 4.79 Å². The molecule has 0 bridgehead atoms. The Morgan fingerprint density at radius 1 is 1.21 bits per heavy atom. The molecule has 19 heavy (non-hydrogen) atoms. The van der Waals surface area contributed by atoms with Crippen molar-refractivity contribution in [1.29, 1.82) is 0 Å². The highest BCUT2D eigenvalue weighted by Gasteiger charge is 2.24. The van der Waals surface area contributed by atoms with E-state index < -0.39 is 0 Å². The van der Waals surface area contributed by atoms with Crippen molar-refractivity contribution in [2.24, 2.45) is 0 Å². The van der Waals surface area contributed by atoms with Gasteiger partial charge in [-0.25, -0.2) is 4.98 Å². The van der Waals surface area contributed by atoms with Crippen molar-refractivity contribution >= 4 is 29.1 Å². The van der Waals surface area contributed by atoms with Crippen LogP contribution in [-0.2, 0) is 0 Å². The van der Waals surface area contributed by atoms with E-state index in [0.29, 0.717) is 16.8 Å². The van der Waals surface area contributed by atoms with Crippen LogP contribution in [0.3, 0.4) is 0 Å². The van der Waals surface area contributed by atoms with E-state index in [2.05, 4.69) is 4.98 Å². The van der Waals surface area contributed by atoms with Gasteiger partial charge in [-0.1, -0.05) is 48.9 Å². The number of carbonyl (C=O) groups is 1. The minimum Gasteiger partial charge on any atom is -0.339 e. The smallest absolute Gasteiger partial charge is 0.256 e. The fourth-order valence-corrected chi connectivity index (χ4v) is 3.00. The second kappa shape index (κ2) is 6.58. The number of rotatable bonds is 2. The fraction of sp³-hybridized carbons (Fsp3) is 0.571. The Balaban J connectivity index is 2.13. The van der Waals surface area contributed by atoms with Gasteiger partial charge in [-0.2, -0.15) is 0 Å². The maximum atomic E-state index is 12.4. The molecule has 3 nitrogen and oxygen atoms in total. The summed E-state index contributed by atoms with van der Waals surface area (Å²) in [7, 11) is 1.85. The van der Waals surface area contributed by atoms with E-state index in [1.54, 1.807) is 12.1 Å². The summed E-state index contributed by atoms with van der Waals surface area (Å²) in [6.07, 6.45) is 7.05. The molecule has 0 atom stereocenters. The predicted molar refractivity (Wildman–Crippen MR) is 77.8 cm³/mol. The lowest BCUT2D eigenvalue weighted by Gasteiger charge is -2.27. The first kappa shape index (κ1) is 14.6. The van der Waals surface area contributed by atoms with E-state index in [4.69, 9.17) is 23.2 Å².